The monoisotopic (exact) mass is 480 g/mol. The molecule has 2 nitrogen and oxygen atoms in total. The van der Waals surface area contributed by atoms with E-state index >= 15 is 0 Å². The van der Waals surface area contributed by atoms with Gasteiger partial charge in [0.15, 0.2) is 6.61 Å². The number of benzene rings is 1. The van der Waals surface area contributed by atoms with Gasteiger partial charge in [-0.3, -0.25) is 4.79 Å². The molecule has 0 fully saturated rings. The highest BCUT2D eigenvalue weighted by Gasteiger charge is 2.15. The Hall–Kier alpha value is -0.170. The van der Waals surface area contributed by atoms with Crippen LogP contribution in [0.4, 0.5) is 0 Å². The Bertz CT molecular complexity index is 641. The molecule has 106 valence electrons. The van der Waals surface area contributed by atoms with E-state index in [2.05, 4.69) is 47.8 Å². The average Bonchev–Trinajstić information content (AvgIpc) is 2.66. The standard InChI is InChI=1S/C14H11Br3O2S/c1-7-3-10(8(2)20-7)13(18)6-19-14-11(16)4-9(15)5-12(14)17/h3-5H,6H2,1-2H3. The van der Waals surface area contributed by atoms with Crippen molar-refractivity contribution >= 4 is 64.9 Å². The van der Waals surface area contributed by atoms with Crippen molar-refractivity contribution in [2.75, 3.05) is 6.61 Å². The van der Waals surface area contributed by atoms with Crippen LogP contribution < -0.4 is 4.74 Å². The molecule has 0 radical (unpaired) electrons. The first-order valence-corrected chi connectivity index (χ1v) is 8.95. The number of rotatable bonds is 4. The van der Waals surface area contributed by atoms with Crippen LogP contribution in [0.15, 0.2) is 31.6 Å². The van der Waals surface area contributed by atoms with E-state index in [-0.39, 0.29) is 12.4 Å². The summed E-state index contributed by atoms with van der Waals surface area (Å²) in [6, 6.07) is 5.67. The number of Topliss-reactive ketones (excluding diaryl/α,β-unsaturated/α-hetero) is 1. The van der Waals surface area contributed by atoms with Crippen molar-refractivity contribution in [2.24, 2.45) is 0 Å². The van der Waals surface area contributed by atoms with E-state index in [4.69, 9.17) is 4.74 Å². The average molecular weight is 483 g/mol. The molecule has 0 unspecified atom stereocenters. The summed E-state index contributed by atoms with van der Waals surface area (Å²) in [6.45, 7) is 3.98. The van der Waals surface area contributed by atoms with Crippen LogP contribution in [0.25, 0.3) is 0 Å². The van der Waals surface area contributed by atoms with Crippen molar-refractivity contribution in [1.82, 2.24) is 0 Å². The molecule has 0 atom stereocenters. The summed E-state index contributed by atoms with van der Waals surface area (Å²) in [5, 5.41) is 0. The van der Waals surface area contributed by atoms with Crippen LogP contribution in [0.2, 0.25) is 0 Å². The van der Waals surface area contributed by atoms with Gasteiger partial charge >= 0.3 is 0 Å². The normalized spacial score (nSPS) is 10.7. The van der Waals surface area contributed by atoms with Crippen molar-refractivity contribution in [3.63, 3.8) is 0 Å². The number of halogens is 3. The molecular formula is C14H11Br3O2S. The number of hydrogen-bond donors (Lipinski definition) is 0. The summed E-state index contributed by atoms with van der Waals surface area (Å²) in [7, 11) is 0. The summed E-state index contributed by atoms with van der Waals surface area (Å²) < 4.78 is 8.17. The van der Waals surface area contributed by atoms with E-state index in [0.717, 1.165) is 28.7 Å². The van der Waals surface area contributed by atoms with Crippen molar-refractivity contribution < 1.29 is 9.53 Å². The molecule has 1 aromatic heterocycles. The second kappa shape index (κ2) is 6.73. The van der Waals surface area contributed by atoms with Crippen LogP contribution in [0.5, 0.6) is 5.75 Å². The lowest BCUT2D eigenvalue weighted by Crippen LogP contribution is -2.12. The highest BCUT2D eigenvalue weighted by molar-refractivity contribution is 9.11. The number of carbonyl (C=O) groups is 1. The van der Waals surface area contributed by atoms with Crippen molar-refractivity contribution in [3.8, 4) is 5.75 Å². The van der Waals surface area contributed by atoms with Crippen LogP contribution in [0.1, 0.15) is 20.1 Å². The molecule has 20 heavy (non-hydrogen) atoms. The predicted molar refractivity (Wildman–Crippen MR) is 93.2 cm³/mol. The van der Waals surface area contributed by atoms with Gasteiger partial charge in [0.1, 0.15) is 5.75 Å². The zero-order valence-electron chi connectivity index (χ0n) is 10.8. The molecule has 0 N–H and O–H groups in total. The van der Waals surface area contributed by atoms with E-state index in [1.807, 2.05) is 32.0 Å². The Kier molecular flexibility index (Phi) is 5.45. The van der Waals surface area contributed by atoms with E-state index in [1.165, 1.54) is 0 Å². The van der Waals surface area contributed by atoms with Gasteiger partial charge in [0.2, 0.25) is 5.78 Å². The second-order valence-corrected chi connectivity index (χ2v) is 8.32. The molecule has 2 aromatic rings. The molecule has 1 heterocycles. The largest absolute Gasteiger partial charge is 0.483 e. The quantitative estimate of drug-likeness (QED) is 0.506. The zero-order valence-corrected chi connectivity index (χ0v) is 16.4. The van der Waals surface area contributed by atoms with Crippen LogP contribution >= 0.6 is 59.1 Å². The highest BCUT2D eigenvalue weighted by atomic mass is 79.9. The van der Waals surface area contributed by atoms with E-state index in [1.54, 1.807) is 11.3 Å². The molecule has 0 saturated carbocycles. The molecule has 1 aromatic carbocycles. The van der Waals surface area contributed by atoms with Gasteiger partial charge in [-0.15, -0.1) is 11.3 Å². The fourth-order valence-electron chi connectivity index (χ4n) is 1.79. The van der Waals surface area contributed by atoms with Gasteiger partial charge in [-0.2, -0.15) is 0 Å². The molecule has 0 aliphatic rings. The zero-order chi connectivity index (χ0) is 14.9. The first-order valence-electron chi connectivity index (χ1n) is 5.76. The van der Waals surface area contributed by atoms with Crippen molar-refractivity contribution in [1.29, 1.82) is 0 Å². The second-order valence-electron chi connectivity index (χ2n) is 4.24. The molecular weight excluding hydrogens is 472 g/mol. The first-order chi connectivity index (χ1) is 9.38. The molecule has 0 bridgehead atoms. The van der Waals surface area contributed by atoms with Crippen molar-refractivity contribution in [3.05, 3.63) is 46.9 Å². The van der Waals surface area contributed by atoms with E-state index in [9.17, 15) is 4.79 Å². The van der Waals surface area contributed by atoms with Crippen LogP contribution in [-0.4, -0.2) is 12.4 Å². The van der Waals surface area contributed by atoms with Crippen LogP contribution in [0, 0.1) is 13.8 Å². The summed E-state index contributed by atoms with van der Waals surface area (Å²) >= 11 is 11.9. The summed E-state index contributed by atoms with van der Waals surface area (Å²) in [5.41, 5.74) is 0.747. The SMILES string of the molecule is Cc1cc(C(=O)COc2c(Br)cc(Br)cc2Br)c(C)s1. The summed E-state index contributed by atoms with van der Waals surface area (Å²) in [6.07, 6.45) is 0. The Morgan fingerprint density at radius 1 is 1.15 bits per heavy atom. The van der Waals surface area contributed by atoms with Gasteiger partial charge in [0, 0.05) is 19.8 Å². The molecule has 0 aliphatic carbocycles. The Morgan fingerprint density at radius 2 is 1.75 bits per heavy atom. The number of thiophene rings is 1. The van der Waals surface area contributed by atoms with Gasteiger partial charge in [-0.25, -0.2) is 0 Å². The lowest BCUT2D eigenvalue weighted by atomic mass is 10.2. The maximum absolute atomic E-state index is 12.2. The third-order valence-electron chi connectivity index (χ3n) is 2.65. The first kappa shape index (κ1) is 16.2. The van der Waals surface area contributed by atoms with Gasteiger partial charge in [-0.05, 0) is 63.9 Å². The minimum atomic E-state index is -0.00595. The van der Waals surface area contributed by atoms with E-state index < -0.39 is 0 Å². The number of aryl methyl sites for hydroxylation is 2. The maximum atomic E-state index is 12.2. The minimum Gasteiger partial charge on any atom is -0.483 e. The number of carbonyl (C=O) groups excluding carboxylic acids is 1. The molecule has 0 spiro atoms. The lowest BCUT2D eigenvalue weighted by Gasteiger charge is -2.10. The molecule has 0 saturated heterocycles. The Balaban J connectivity index is 2.13. The van der Waals surface area contributed by atoms with E-state index in [0.29, 0.717) is 5.75 Å². The Labute approximate surface area is 146 Å². The summed E-state index contributed by atoms with van der Waals surface area (Å²) in [5.74, 6) is 0.625. The molecule has 6 heteroatoms. The predicted octanol–water partition coefficient (Wildman–Crippen LogP) is 5.91. The number of ketones is 1. The highest BCUT2D eigenvalue weighted by Crippen LogP contribution is 2.36. The maximum Gasteiger partial charge on any atom is 0.201 e. The third kappa shape index (κ3) is 3.72. The fourth-order valence-corrected chi connectivity index (χ4v) is 5.22. The van der Waals surface area contributed by atoms with Crippen LogP contribution in [0.3, 0.4) is 0 Å². The molecule has 0 aliphatic heterocycles. The van der Waals surface area contributed by atoms with Crippen LogP contribution in [-0.2, 0) is 0 Å². The number of hydrogen-bond acceptors (Lipinski definition) is 3. The molecule has 2 rings (SSSR count). The van der Waals surface area contributed by atoms with Gasteiger partial charge in [-0.1, -0.05) is 15.9 Å². The molecule has 0 amide bonds. The summed E-state index contributed by atoms with van der Waals surface area (Å²) in [4.78, 5) is 14.4. The smallest absolute Gasteiger partial charge is 0.201 e. The number of ether oxygens (including phenoxy) is 1. The van der Waals surface area contributed by atoms with Crippen molar-refractivity contribution in [2.45, 2.75) is 13.8 Å². The van der Waals surface area contributed by atoms with Gasteiger partial charge < -0.3 is 4.74 Å². The van der Waals surface area contributed by atoms with Gasteiger partial charge in [0.25, 0.3) is 0 Å². The fraction of sp³-hybridized carbons (Fsp3) is 0.214. The van der Waals surface area contributed by atoms with Gasteiger partial charge in [0.05, 0.1) is 8.95 Å². The lowest BCUT2D eigenvalue weighted by molar-refractivity contribution is 0.0920. The Morgan fingerprint density at radius 3 is 2.25 bits per heavy atom. The third-order valence-corrected chi connectivity index (χ3v) is 5.25. The topological polar surface area (TPSA) is 26.3 Å². The minimum absolute atomic E-state index is 0.00595.